The fraction of sp³-hybridized carbons (Fsp3) is 0.172. The number of fused-ring (bicyclic) bond motifs is 6. The van der Waals surface area contributed by atoms with Crippen LogP contribution in [0.25, 0.3) is 10.8 Å². The van der Waals surface area contributed by atoms with Crippen LogP contribution in [0, 0.1) is 0 Å². The minimum Gasteiger partial charge on any atom is -0.432 e. The van der Waals surface area contributed by atoms with Crippen LogP contribution in [0.3, 0.4) is 0 Å². The SMILES string of the molecule is CN1c2ccccc2C(=O)N2CCCN3C(=O)c4ccccc4N(C)P3Oc3cc4ccccc4cc3OP21. The minimum atomic E-state index is -1.52. The molecule has 2 unspecified atom stereocenters. The van der Waals surface area contributed by atoms with Gasteiger partial charge in [-0.05, 0) is 53.6 Å². The highest BCUT2D eigenvalue weighted by atomic mass is 31.2. The lowest BCUT2D eigenvalue weighted by Gasteiger charge is -2.41. The predicted octanol–water partition coefficient (Wildman–Crippen LogP) is 6.64. The van der Waals surface area contributed by atoms with Crippen molar-refractivity contribution in [2.24, 2.45) is 0 Å². The highest BCUT2D eigenvalue weighted by molar-refractivity contribution is 7.53. The van der Waals surface area contributed by atoms with Gasteiger partial charge in [-0.2, -0.15) is 0 Å². The Morgan fingerprint density at radius 2 is 1.03 bits per heavy atom. The molecule has 39 heavy (non-hydrogen) atoms. The lowest BCUT2D eigenvalue weighted by atomic mass is 10.1. The number of carbonyl (C=O) groups excluding carboxylic acids is 2. The van der Waals surface area contributed by atoms with E-state index in [1.165, 1.54) is 0 Å². The van der Waals surface area contributed by atoms with Crippen molar-refractivity contribution >= 4 is 50.9 Å². The Bertz CT molecular complexity index is 1510. The van der Waals surface area contributed by atoms with E-state index < -0.39 is 16.9 Å². The normalized spacial score (nSPS) is 20.6. The minimum absolute atomic E-state index is 0.0629. The Kier molecular flexibility index (Phi) is 5.84. The maximum atomic E-state index is 13.8. The summed E-state index contributed by atoms with van der Waals surface area (Å²) in [6.07, 6.45) is 0.589. The number of hydrogen-bond donors (Lipinski definition) is 0. The van der Waals surface area contributed by atoms with Crippen LogP contribution in [-0.4, -0.2) is 48.3 Å². The van der Waals surface area contributed by atoms with Crippen LogP contribution in [0.1, 0.15) is 27.1 Å². The number of hydrogen-bond acceptors (Lipinski definition) is 6. The van der Waals surface area contributed by atoms with E-state index in [1.54, 1.807) is 0 Å². The molecule has 0 aliphatic carbocycles. The molecule has 2 amide bonds. The summed E-state index contributed by atoms with van der Waals surface area (Å²) in [4.78, 5) is 27.5. The molecule has 3 aliphatic heterocycles. The van der Waals surface area contributed by atoms with Crippen LogP contribution < -0.4 is 18.4 Å². The van der Waals surface area contributed by atoms with Gasteiger partial charge < -0.3 is 18.4 Å². The number of carbonyl (C=O) groups is 2. The van der Waals surface area contributed by atoms with Crippen molar-refractivity contribution in [3.8, 4) is 11.5 Å². The predicted molar refractivity (Wildman–Crippen MR) is 155 cm³/mol. The summed E-state index contributed by atoms with van der Waals surface area (Å²) in [5.74, 6) is 0.972. The van der Waals surface area contributed by atoms with Gasteiger partial charge in [0.2, 0.25) is 0 Å². The average molecular weight is 556 g/mol. The van der Waals surface area contributed by atoms with Gasteiger partial charge >= 0.3 is 16.9 Å². The number of para-hydroxylation sites is 2. The van der Waals surface area contributed by atoms with Crippen LogP contribution in [0.4, 0.5) is 11.4 Å². The van der Waals surface area contributed by atoms with Gasteiger partial charge in [-0.3, -0.25) is 18.9 Å². The maximum Gasteiger partial charge on any atom is 0.312 e. The number of amides is 2. The summed E-state index contributed by atoms with van der Waals surface area (Å²) < 4.78 is 21.2. The fourth-order valence-corrected chi connectivity index (χ4v) is 8.89. The van der Waals surface area contributed by atoms with E-state index in [2.05, 4.69) is 9.34 Å². The molecule has 0 saturated heterocycles. The van der Waals surface area contributed by atoms with Gasteiger partial charge in [0.25, 0.3) is 11.8 Å². The number of nitrogens with zero attached hydrogens (tertiary/aromatic N) is 4. The van der Waals surface area contributed by atoms with Crippen LogP contribution >= 0.6 is 16.9 Å². The molecule has 7 rings (SSSR count). The summed E-state index contributed by atoms with van der Waals surface area (Å²) in [5.41, 5.74) is 2.99. The van der Waals surface area contributed by atoms with Gasteiger partial charge in [0, 0.05) is 27.2 Å². The molecule has 10 heteroatoms. The molecule has 3 aliphatic rings. The van der Waals surface area contributed by atoms with Crippen molar-refractivity contribution in [3.63, 3.8) is 0 Å². The molecule has 8 nitrogen and oxygen atoms in total. The second-order valence-corrected chi connectivity index (χ2v) is 13.2. The van der Waals surface area contributed by atoms with Crippen LogP contribution in [-0.2, 0) is 0 Å². The van der Waals surface area contributed by atoms with Gasteiger partial charge in [0.15, 0.2) is 11.5 Å². The molecule has 0 fully saturated rings. The first-order valence-corrected chi connectivity index (χ1v) is 15.1. The lowest BCUT2D eigenvalue weighted by molar-refractivity contribution is 0.0839. The van der Waals surface area contributed by atoms with Crippen molar-refractivity contribution in [1.29, 1.82) is 0 Å². The molecule has 0 bridgehead atoms. The molecule has 2 atom stereocenters. The van der Waals surface area contributed by atoms with Gasteiger partial charge in [-0.15, -0.1) is 0 Å². The topological polar surface area (TPSA) is 65.6 Å². The molecule has 0 N–H and O–H groups in total. The Labute approximate surface area is 229 Å². The zero-order valence-corrected chi connectivity index (χ0v) is 23.3. The summed E-state index contributed by atoms with van der Waals surface area (Å²) in [5, 5.41) is 2.01. The van der Waals surface area contributed by atoms with Crippen molar-refractivity contribution in [1.82, 2.24) is 9.34 Å². The Morgan fingerprint density at radius 1 is 0.615 bits per heavy atom. The zero-order chi connectivity index (χ0) is 26.7. The van der Waals surface area contributed by atoms with Gasteiger partial charge in [0.05, 0.1) is 22.5 Å². The van der Waals surface area contributed by atoms with E-state index in [-0.39, 0.29) is 11.8 Å². The van der Waals surface area contributed by atoms with Crippen LogP contribution in [0.5, 0.6) is 11.5 Å². The summed E-state index contributed by atoms with van der Waals surface area (Å²) in [7, 11) is 0.884. The first-order chi connectivity index (χ1) is 19.0. The van der Waals surface area contributed by atoms with Gasteiger partial charge in [-0.25, -0.2) is 0 Å². The quantitative estimate of drug-likeness (QED) is 0.226. The third-order valence-corrected chi connectivity index (χ3v) is 11.0. The second kappa shape index (κ2) is 9.41. The third-order valence-electron chi connectivity index (χ3n) is 7.27. The Balaban J connectivity index is 1.38. The van der Waals surface area contributed by atoms with Gasteiger partial charge in [-0.1, -0.05) is 48.5 Å². The fourth-order valence-electron chi connectivity index (χ4n) is 5.30. The van der Waals surface area contributed by atoms with E-state index in [0.717, 1.165) is 22.1 Å². The standard InChI is InChI=1S/C29H26N4O4P2/c1-30-24-14-7-5-12-22(24)28(34)32-16-9-17-33-29(35)23-13-6-8-15-25(23)31(2)39(33)37-27-19-21-11-4-3-10-20(21)18-26(27)36-38(30)32/h3-8,10-15,18-19H,9,16-17H2,1-2H3. The van der Waals surface area contributed by atoms with E-state index >= 15 is 0 Å². The van der Waals surface area contributed by atoms with Crippen molar-refractivity contribution in [2.45, 2.75) is 6.42 Å². The maximum absolute atomic E-state index is 13.8. The van der Waals surface area contributed by atoms with E-state index in [9.17, 15) is 9.59 Å². The van der Waals surface area contributed by atoms with Crippen LogP contribution in [0.2, 0.25) is 0 Å². The summed E-state index contributed by atoms with van der Waals surface area (Å²) in [6.45, 7) is 0.898. The first-order valence-electron chi connectivity index (χ1n) is 12.8. The molecule has 0 spiro atoms. The number of anilines is 2. The number of rotatable bonds is 0. The summed E-state index contributed by atoms with van der Waals surface area (Å²) >= 11 is 0. The van der Waals surface area contributed by atoms with Crippen molar-refractivity contribution in [2.75, 3.05) is 36.5 Å². The molecule has 3 heterocycles. The highest BCUT2D eigenvalue weighted by Gasteiger charge is 2.43. The van der Waals surface area contributed by atoms with E-state index in [0.29, 0.717) is 42.1 Å². The second-order valence-electron chi connectivity index (χ2n) is 9.63. The van der Waals surface area contributed by atoms with Crippen molar-refractivity contribution < 1.29 is 18.6 Å². The van der Waals surface area contributed by atoms with E-state index in [4.69, 9.17) is 9.05 Å². The van der Waals surface area contributed by atoms with Gasteiger partial charge in [0.1, 0.15) is 0 Å². The Morgan fingerprint density at radius 3 is 1.49 bits per heavy atom. The molecule has 0 saturated carbocycles. The first kappa shape index (κ1) is 24.2. The monoisotopic (exact) mass is 556 g/mol. The largest absolute Gasteiger partial charge is 0.432 e. The molecule has 0 aromatic heterocycles. The molecular weight excluding hydrogens is 530 g/mol. The van der Waals surface area contributed by atoms with E-state index in [1.807, 2.05) is 108 Å². The van der Waals surface area contributed by atoms with Crippen molar-refractivity contribution in [3.05, 3.63) is 96.1 Å². The molecule has 0 radical (unpaired) electrons. The Hall–Kier alpha value is -3.86. The smallest absolute Gasteiger partial charge is 0.312 e. The number of benzene rings is 4. The van der Waals surface area contributed by atoms with Crippen LogP contribution in [0.15, 0.2) is 84.9 Å². The third kappa shape index (κ3) is 3.90. The lowest BCUT2D eigenvalue weighted by Crippen LogP contribution is -2.42. The molecule has 4 aromatic rings. The molecular formula is C29H26N4O4P2. The summed E-state index contributed by atoms with van der Waals surface area (Å²) in [6, 6.07) is 27.2. The molecule has 196 valence electrons. The highest BCUT2D eigenvalue weighted by Crippen LogP contribution is 2.58. The molecule has 4 aromatic carbocycles. The zero-order valence-electron chi connectivity index (χ0n) is 21.5. The average Bonchev–Trinajstić information content (AvgIpc) is 3.00.